The van der Waals surface area contributed by atoms with Crippen molar-refractivity contribution in [2.75, 3.05) is 0 Å². The Bertz CT molecular complexity index is 8150. The summed E-state index contributed by atoms with van der Waals surface area (Å²) in [4.78, 5) is 19.1. The Morgan fingerprint density at radius 2 is 0.598 bits per heavy atom. The van der Waals surface area contributed by atoms with Gasteiger partial charge < -0.3 is 17.7 Å². The van der Waals surface area contributed by atoms with Crippen molar-refractivity contribution in [1.29, 1.82) is 0 Å². The van der Waals surface area contributed by atoms with Gasteiger partial charge in [0.2, 0.25) is 45.6 Å². The van der Waals surface area contributed by atoms with E-state index in [-0.39, 0.29) is 11.7 Å². The molecule has 0 amide bonds. The number of aromatic nitrogens is 8. The number of benzene rings is 11. The molecule has 0 saturated heterocycles. The largest absolute Gasteiger partial charge is 0.437 e. The van der Waals surface area contributed by atoms with E-state index in [1.165, 1.54) is 57.5 Å². The second-order valence-electron chi connectivity index (χ2n) is 33.9. The fourth-order valence-electron chi connectivity index (χ4n) is 18.5. The summed E-state index contributed by atoms with van der Waals surface area (Å²) in [7, 11) is 8.21. The molecule has 0 radical (unpaired) electrons. The van der Waals surface area contributed by atoms with Crippen molar-refractivity contribution < 1.29 is 43.1 Å². The monoisotopic (exact) mass is 1660 g/mol. The first-order valence-electron chi connectivity index (χ1n) is 44.5. The van der Waals surface area contributed by atoms with Crippen LogP contribution in [0, 0.1) is 46.4 Å². The number of fused-ring (bicyclic) bond motifs is 16. The number of aryl methyl sites for hydroxylation is 9. The van der Waals surface area contributed by atoms with Gasteiger partial charge in [-0.25, -0.2) is 42.6 Å². The third kappa shape index (κ3) is 14.9. The standard InChI is InChI=1S/C29H23N2O.C29H29N2O.C28H20FN2O.C28H21N2O/c1-18-8-11-20(12-9-18)21-14-15-31(3)26(17-21)27-19(2)10-13-23-24-16-22-6-4-5-7-25(22)30-29(24)32-28(23)27;1-19-12-13-23-24-18-22-10-6-7-11-25(22)30-29(24)32-28(23)27(19)26-17-21(14-15-31(26)2)16-20-8-4-3-5-9-20;1-17-7-12-22-23-15-20-5-3-4-6-24(20)30-28(23)32-27(22)26(17)25-16-19(13-14-31(25)2)18-8-10-21(29)11-9-18;1-18-12-13-22-23-16-21-10-6-7-11-24(21)29-28(23)31-27(22)26(18)25-17-20(14-15-30(25)2)19-8-4-3-5-9-19/h4-17H,1-3H3;6-7,10-15,17-18,20H,3-5,8-9,16H2,1-2H3;3-16H,1-2H3;3-17H,1-2H3/q4*+1/i;16D2;;. The molecule has 13 heteroatoms. The highest BCUT2D eigenvalue weighted by atomic mass is 19.1. The smallest absolute Gasteiger partial charge is 0.227 e. The normalized spacial score (nSPS) is 12.8. The van der Waals surface area contributed by atoms with Gasteiger partial charge >= 0.3 is 0 Å². The van der Waals surface area contributed by atoms with Crippen molar-refractivity contribution >= 4 is 132 Å². The minimum Gasteiger partial charge on any atom is -0.437 e. The maximum Gasteiger partial charge on any atom is 0.227 e. The average Bonchev–Trinajstić information content (AvgIpc) is 1.61. The van der Waals surface area contributed by atoms with E-state index < -0.39 is 6.37 Å². The van der Waals surface area contributed by atoms with Crippen LogP contribution in [0.25, 0.3) is 210 Å². The van der Waals surface area contributed by atoms with Gasteiger partial charge in [-0.3, -0.25) is 0 Å². The van der Waals surface area contributed by atoms with Crippen molar-refractivity contribution in [2.24, 2.45) is 34.1 Å². The molecule has 23 aromatic rings. The van der Waals surface area contributed by atoms with Crippen LogP contribution in [0.15, 0.2) is 340 Å². The Balaban J connectivity index is 0.000000104. The summed E-state index contributed by atoms with van der Waals surface area (Å²) in [6.07, 6.45) is 12.3. The van der Waals surface area contributed by atoms with Gasteiger partial charge in [0.1, 0.15) is 34.0 Å². The Labute approximate surface area is 737 Å². The minimum absolute atomic E-state index is 0.0709. The number of hydrogen-bond acceptors (Lipinski definition) is 8. The maximum atomic E-state index is 13.4. The molecule has 127 heavy (non-hydrogen) atoms. The molecule has 1 fully saturated rings. The first-order chi connectivity index (χ1) is 62.8. The molecular weight excluding hydrogens is 1560 g/mol. The molecule has 12 nitrogen and oxygen atoms in total. The fraction of sp³-hybridized carbons (Fsp3) is 0.140. The van der Waals surface area contributed by atoms with Crippen LogP contribution in [-0.4, -0.2) is 19.9 Å². The number of furan rings is 4. The summed E-state index contributed by atoms with van der Waals surface area (Å²) in [5, 5.41) is 12.8. The maximum absolute atomic E-state index is 13.4. The summed E-state index contributed by atoms with van der Waals surface area (Å²) >= 11 is 0. The van der Waals surface area contributed by atoms with Gasteiger partial charge in [0.25, 0.3) is 0 Å². The molecule has 0 atom stereocenters. The van der Waals surface area contributed by atoms with Gasteiger partial charge in [0.15, 0.2) is 47.1 Å². The lowest BCUT2D eigenvalue weighted by Crippen LogP contribution is -2.31. The van der Waals surface area contributed by atoms with Crippen LogP contribution >= 0.6 is 0 Å². The van der Waals surface area contributed by atoms with Crippen molar-refractivity contribution in [1.82, 2.24) is 19.9 Å². The SMILES string of the molecule is Cc1ccc(-c2cc[n+](C)c(-c3c(C)ccc4c3oc3nc5ccccc5cc34)c2)cc1.Cc1ccc2c(oc3nc4ccccc4cc32)c1-c1cc(-c2ccc(F)cc2)cc[n+]1C.Cc1ccc2c(oc3nc4ccccc4cc32)c1-c1cc(-c2ccccc2)cc[n+]1C.[2H]C([2H])(c1cc[n+](C)c(-c2c(C)ccc3c2oc2nc4ccccc4cc23)c1)C1CCCCC1. The van der Waals surface area contributed by atoms with Crippen LogP contribution < -0.4 is 18.3 Å². The van der Waals surface area contributed by atoms with E-state index in [1.807, 2.05) is 124 Å². The van der Waals surface area contributed by atoms with Gasteiger partial charge in [-0.2, -0.15) is 0 Å². The summed E-state index contributed by atoms with van der Waals surface area (Å²) in [5.41, 5.74) is 31.6. The van der Waals surface area contributed by atoms with Gasteiger partial charge in [-0.1, -0.05) is 226 Å². The third-order valence-corrected chi connectivity index (χ3v) is 25.4. The van der Waals surface area contributed by atoms with Crippen molar-refractivity contribution in [3.05, 3.63) is 361 Å². The van der Waals surface area contributed by atoms with Crippen LogP contribution in [0.1, 0.15) is 68.2 Å². The number of hydrogen-bond donors (Lipinski definition) is 0. The zero-order valence-electron chi connectivity index (χ0n) is 74.3. The average molecular weight is 1660 g/mol. The first kappa shape index (κ1) is 76.7. The van der Waals surface area contributed by atoms with Crippen LogP contribution in [0.4, 0.5) is 4.39 Å². The Morgan fingerprint density at radius 1 is 0.299 bits per heavy atom. The molecule has 0 N–H and O–H groups in total. The van der Waals surface area contributed by atoms with E-state index in [4.69, 9.17) is 40.3 Å². The molecule has 0 aliphatic heterocycles. The third-order valence-electron chi connectivity index (χ3n) is 25.4. The topological polar surface area (TPSA) is 120 Å². The summed E-state index contributed by atoms with van der Waals surface area (Å²) in [6.45, 7) is 10.6. The van der Waals surface area contributed by atoms with E-state index in [9.17, 15) is 4.39 Å². The van der Waals surface area contributed by atoms with Crippen molar-refractivity contribution in [3.8, 4) is 78.4 Å². The number of rotatable bonds is 9. The van der Waals surface area contributed by atoms with Gasteiger partial charge in [0.05, 0.1) is 44.3 Å². The Hall–Kier alpha value is -15.2. The second kappa shape index (κ2) is 32.8. The lowest BCUT2D eigenvalue weighted by atomic mass is 9.85. The molecule has 11 aromatic carbocycles. The van der Waals surface area contributed by atoms with Gasteiger partial charge in [0, 0.05) is 116 Å². The Kier molecular flexibility index (Phi) is 19.8. The number of nitrogens with zero attached hydrogens (tertiary/aromatic N) is 8. The molecule has 12 heterocycles. The van der Waals surface area contributed by atoms with Crippen molar-refractivity contribution in [3.63, 3.8) is 0 Å². The van der Waals surface area contributed by atoms with Gasteiger partial charge in [-0.15, -0.1) is 0 Å². The first-order valence-corrected chi connectivity index (χ1v) is 43.5. The van der Waals surface area contributed by atoms with Gasteiger partial charge in [-0.05, 0) is 169 Å². The van der Waals surface area contributed by atoms with Crippen LogP contribution in [0.5, 0.6) is 0 Å². The molecule has 0 bridgehead atoms. The van der Waals surface area contributed by atoms with Crippen LogP contribution in [0.3, 0.4) is 0 Å². The highest BCUT2D eigenvalue weighted by Crippen LogP contribution is 2.45. The van der Waals surface area contributed by atoms with E-state index in [0.717, 1.165) is 208 Å². The number of para-hydroxylation sites is 4. The lowest BCUT2D eigenvalue weighted by molar-refractivity contribution is -0.660. The van der Waals surface area contributed by atoms with E-state index in [2.05, 4.69) is 255 Å². The number of halogens is 1. The molecule has 24 rings (SSSR count). The lowest BCUT2D eigenvalue weighted by Gasteiger charge is -2.21. The predicted molar refractivity (Wildman–Crippen MR) is 513 cm³/mol. The zero-order chi connectivity index (χ0) is 88.0. The quantitative estimate of drug-likeness (QED) is 0.131. The van der Waals surface area contributed by atoms with E-state index in [0.29, 0.717) is 22.9 Å². The van der Waals surface area contributed by atoms with Crippen molar-refractivity contribution in [2.45, 2.75) is 73.1 Å². The van der Waals surface area contributed by atoms with E-state index in [1.54, 1.807) is 12.1 Å². The Morgan fingerprint density at radius 3 is 0.945 bits per heavy atom. The molecule has 1 aliphatic carbocycles. The molecule has 0 unspecified atom stereocenters. The number of pyridine rings is 8. The second-order valence-corrected chi connectivity index (χ2v) is 33.9. The highest BCUT2D eigenvalue weighted by molar-refractivity contribution is 6.15. The minimum atomic E-state index is -1.35. The molecule has 0 spiro atoms. The molecular formula is C114H93FN8O4+4. The summed E-state index contributed by atoms with van der Waals surface area (Å²) in [6, 6.07) is 101. The molecule has 12 aromatic heterocycles. The predicted octanol–water partition coefficient (Wildman–Crippen LogP) is 27.3. The molecule has 616 valence electrons. The fourth-order valence-corrected chi connectivity index (χ4v) is 18.5. The summed E-state index contributed by atoms with van der Waals surface area (Å²) < 4.78 is 65.5. The molecule has 1 saturated carbocycles. The van der Waals surface area contributed by atoms with E-state index >= 15 is 0 Å². The van der Waals surface area contributed by atoms with Crippen LogP contribution in [0.2, 0.25) is 0 Å². The highest BCUT2D eigenvalue weighted by Gasteiger charge is 2.29. The van der Waals surface area contributed by atoms with Crippen LogP contribution in [-0.2, 0) is 34.6 Å². The zero-order valence-corrected chi connectivity index (χ0v) is 72.3. The molecule has 1 aliphatic rings. The summed E-state index contributed by atoms with van der Waals surface area (Å²) in [5.74, 6) is -0.167.